The van der Waals surface area contributed by atoms with E-state index < -0.39 is 0 Å². The van der Waals surface area contributed by atoms with Gasteiger partial charge in [0.15, 0.2) is 0 Å². The molecule has 1 aromatic rings. The van der Waals surface area contributed by atoms with E-state index in [9.17, 15) is 4.79 Å². The molecule has 1 rings (SSSR count). The molecular weight excluding hydrogens is 226 g/mol. The summed E-state index contributed by atoms with van der Waals surface area (Å²) in [7, 11) is 1.80. The van der Waals surface area contributed by atoms with Crippen molar-refractivity contribution in [2.45, 2.75) is 39.8 Å². The lowest BCUT2D eigenvalue weighted by atomic mass is 9.85. The van der Waals surface area contributed by atoms with E-state index in [4.69, 9.17) is 5.73 Å². The summed E-state index contributed by atoms with van der Waals surface area (Å²) in [4.78, 5) is 17.7. The summed E-state index contributed by atoms with van der Waals surface area (Å²) in [6.45, 7) is 6.74. The monoisotopic (exact) mass is 249 g/mol. The summed E-state index contributed by atoms with van der Waals surface area (Å²) in [5.41, 5.74) is 7.05. The number of amides is 1. The molecule has 1 atom stereocenters. The lowest BCUT2D eigenvalue weighted by molar-refractivity contribution is -0.131. The Morgan fingerprint density at radius 2 is 1.94 bits per heavy atom. The molecule has 2 N–H and O–H groups in total. The molecule has 1 aromatic heterocycles. The van der Waals surface area contributed by atoms with Gasteiger partial charge < -0.3 is 10.6 Å². The van der Waals surface area contributed by atoms with Crippen LogP contribution in [-0.2, 0) is 11.3 Å². The van der Waals surface area contributed by atoms with E-state index in [-0.39, 0.29) is 17.4 Å². The van der Waals surface area contributed by atoms with Crippen molar-refractivity contribution >= 4 is 5.91 Å². The second-order valence-electron chi connectivity index (χ2n) is 5.78. The lowest BCUT2D eigenvalue weighted by Gasteiger charge is -2.28. The van der Waals surface area contributed by atoms with Crippen molar-refractivity contribution in [3.05, 3.63) is 30.1 Å². The number of aromatic nitrogens is 1. The third-order valence-electron chi connectivity index (χ3n) is 3.10. The molecule has 0 saturated carbocycles. The molecule has 0 fully saturated rings. The Kier molecular flexibility index (Phi) is 4.84. The van der Waals surface area contributed by atoms with E-state index in [1.807, 2.05) is 32.9 Å². The van der Waals surface area contributed by atoms with Gasteiger partial charge in [-0.3, -0.25) is 9.78 Å². The van der Waals surface area contributed by atoms with Gasteiger partial charge in [-0.25, -0.2) is 0 Å². The highest BCUT2D eigenvalue weighted by molar-refractivity contribution is 5.76. The Bertz CT molecular complexity index is 384. The maximum Gasteiger partial charge on any atom is 0.224 e. The molecule has 0 aliphatic heterocycles. The van der Waals surface area contributed by atoms with Crippen LogP contribution < -0.4 is 5.73 Å². The summed E-state index contributed by atoms with van der Waals surface area (Å²) in [6, 6.07) is 3.70. The first-order chi connectivity index (χ1) is 8.30. The maximum atomic E-state index is 12.0. The van der Waals surface area contributed by atoms with Gasteiger partial charge >= 0.3 is 0 Å². The van der Waals surface area contributed by atoms with Crippen LogP contribution in [-0.4, -0.2) is 28.9 Å². The molecule has 18 heavy (non-hydrogen) atoms. The minimum atomic E-state index is -0.120. The predicted octanol–water partition coefficient (Wildman–Crippen LogP) is 1.80. The first-order valence-corrected chi connectivity index (χ1v) is 6.19. The molecule has 0 bridgehead atoms. The van der Waals surface area contributed by atoms with Crippen LogP contribution in [0.4, 0.5) is 0 Å². The van der Waals surface area contributed by atoms with Crippen LogP contribution in [0.5, 0.6) is 0 Å². The molecule has 4 nitrogen and oxygen atoms in total. The molecule has 0 saturated heterocycles. The fraction of sp³-hybridized carbons (Fsp3) is 0.571. The SMILES string of the molecule is CN(Cc1ccncc1)C(=O)CC(N)C(C)(C)C. The van der Waals surface area contributed by atoms with E-state index in [1.165, 1.54) is 0 Å². The van der Waals surface area contributed by atoms with E-state index in [1.54, 1.807) is 24.3 Å². The molecule has 0 spiro atoms. The van der Waals surface area contributed by atoms with E-state index in [2.05, 4.69) is 4.98 Å². The zero-order chi connectivity index (χ0) is 13.8. The van der Waals surface area contributed by atoms with Gasteiger partial charge in [-0.15, -0.1) is 0 Å². The highest BCUT2D eigenvalue weighted by Crippen LogP contribution is 2.20. The van der Waals surface area contributed by atoms with Crippen LogP contribution in [0.25, 0.3) is 0 Å². The van der Waals surface area contributed by atoms with Crippen LogP contribution in [0.15, 0.2) is 24.5 Å². The number of carbonyl (C=O) groups excluding carboxylic acids is 1. The second kappa shape index (κ2) is 5.96. The maximum absolute atomic E-state index is 12.0. The standard InChI is InChI=1S/C14H23N3O/c1-14(2,3)12(15)9-13(18)17(4)10-11-5-7-16-8-6-11/h5-8,12H,9-10,15H2,1-4H3. The molecule has 1 amide bonds. The highest BCUT2D eigenvalue weighted by atomic mass is 16.2. The number of nitrogens with zero attached hydrogens (tertiary/aromatic N) is 2. The van der Waals surface area contributed by atoms with Gasteiger partial charge in [0.1, 0.15) is 0 Å². The van der Waals surface area contributed by atoms with Crippen molar-refractivity contribution in [1.29, 1.82) is 0 Å². The van der Waals surface area contributed by atoms with Crippen LogP contribution in [0.2, 0.25) is 0 Å². The van der Waals surface area contributed by atoms with Gasteiger partial charge in [0, 0.05) is 38.4 Å². The molecule has 0 aromatic carbocycles. The Morgan fingerprint density at radius 3 is 2.44 bits per heavy atom. The van der Waals surface area contributed by atoms with Crippen molar-refractivity contribution in [3.63, 3.8) is 0 Å². The lowest BCUT2D eigenvalue weighted by Crippen LogP contribution is -2.40. The first kappa shape index (κ1) is 14.6. The number of pyridine rings is 1. The number of carbonyl (C=O) groups is 1. The van der Waals surface area contributed by atoms with Gasteiger partial charge in [-0.05, 0) is 23.1 Å². The Morgan fingerprint density at radius 1 is 1.39 bits per heavy atom. The second-order valence-corrected chi connectivity index (χ2v) is 5.78. The molecule has 0 aliphatic rings. The van der Waals surface area contributed by atoms with Gasteiger partial charge in [-0.2, -0.15) is 0 Å². The molecule has 1 unspecified atom stereocenters. The summed E-state index contributed by atoms with van der Waals surface area (Å²) in [6.07, 6.45) is 3.84. The minimum Gasteiger partial charge on any atom is -0.341 e. The summed E-state index contributed by atoms with van der Waals surface area (Å²) in [5.74, 6) is 0.0780. The molecule has 4 heteroatoms. The first-order valence-electron chi connectivity index (χ1n) is 6.19. The van der Waals surface area contributed by atoms with E-state index >= 15 is 0 Å². The predicted molar refractivity (Wildman–Crippen MR) is 72.8 cm³/mol. The van der Waals surface area contributed by atoms with E-state index in [0.29, 0.717) is 13.0 Å². The summed E-state index contributed by atoms with van der Waals surface area (Å²) >= 11 is 0. The Balaban J connectivity index is 2.52. The van der Waals surface area contributed by atoms with Gasteiger partial charge in [0.25, 0.3) is 0 Å². The van der Waals surface area contributed by atoms with Crippen molar-refractivity contribution in [1.82, 2.24) is 9.88 Å². The fourth-order valence-corrected chi connectivity index (χ4v) is 1.50. The normalized spacial score (nSPS) is 13.2. The third-order valence-corrected chi connectivity index (χ3v) is 3.10. The van der Waals surface area contributed by atoms with Crippen LogP contribution in [0, 0.1) is 5.41 Å². The molecular formula is C14H23N3O. The van der Waals surface area contributed by atoms with Crippen molar-refractivity contribution in [2.75, 3.05) is 7.05 Å². The number of nitrogens with two attached hydrogens (primary N) is 1. The summed E-state index contributed by atoms with van der Waals surface area (Å²) < 4.78 is 0. The number of hydrogen-bond donors (Lipinski definition) is 1. The minimum absolute atomic E-state index is 0.0484. The highest BCUT2D eigenvalue weighted by Gasteiger charge is 2.24. The van der Waals surface area contributed by atoms with Crippen molar-refractivity contribution in [3.8, 4) is 0 Å². The van der Waals surface area contributed by atoms with Gasteiger partial charge in [-0.1, -0.05) is 20.8 Å². The number of rotatable bonds is 4. The van der Waals surface area contributed by atoms with Crippen LogP contribution in [0.3, 0.4) is 0 Å². The van der Waals surface area contributed by atoms with Crippen molar-refractivity contribution < 1.29 is 4.79 Å². The van der Waals surface area contributed by atoms with Gasteiger partial charge in [0.2, 0.25) is 5.91 Å². The van der Waals surface area contributed by atoms with Crippen LogP contribution in [0.1, 0.15) is 32.8 Å². The smallest absolute Gasteiger partial charge is 0.224 e. The topological polar surface area (TPSA) is 59.2 Å². The Hall–Kier alpha value is -1.42. The van der Waals surface area contributed by atoms with Gasteiger partial charge in [0.05, 0.1) is 0 Å². The average molecular weight is 249 g/mol. The number of hydrogen-bond acceptors (Lipinski definition) is 3. The molecule has 0 aliphatic carbocycles. The fourth-order valence-electron chi connectivity index (χ4n) is 1.50. The molecule has 0 radical (unpaired) electrons. The average Bonchev–Trinajstić information content (AvgIpc) is 2.28. The zero-order valence-electron chi connectivity index (χ0n) is 11.7. The Labute approximate surface area is 109 Å². The van der Waals surface area contributed by atoms with Crippen LogP contribution >= 0.6 is 0 Å². The largest absolute Gasteiger partial charge is 0.341 e. The zero-order valence-corrected chi connectivity index (χ0v) is 11.7. The molecule has 100 valence electrons. The van der Waals surface area contributed by atoms with E-state index in [0.717, 1.165) is 5.56 Å². The molecule has 1 heterocycles. The van der Waals surface area contributed by atoms with Crippen molar-refractivity contribution in [2.24, 2.45) is 11.1 Å². The summed E-state index contributed by atoms with van der Waals surface area (Å²) in [5, 5.41) is 0. The third kappa shape index (κ3) is 4.45. The quantitative estimate of drug-likeness (QED) is 0.885.